The monoisotopic (exact) mass is 350 g/mol. The predicted molar refractivity (Wildman–Crippen MR) is 105 cm³/mol. The molecule has 3 rings (SSSR count). The summed E-state index contributed by atoms with van der Waals surface area (Å²) in [7, 11) is 0. The van der Waals surface area contributed by atoms with Crippen LogP contribution in [0.3, 0.4) is 0 Å². The van der Waals surface area contributed by atoms with Gasteiger partial charge >= 0.3 is 0 Å². The van der Waals surface area contributed by atoms with E-state index in [4.69, 9.17) is 0 Å². The van der Waals surface area contributed by atoms with Gasteiger partial charge in [0.1, 0.15) is 0 Å². The maximum atomic E-state index is 12.8. The average Bonchev–Trinajstić information content (AvgIpc) is 3.04. The highest BCUT2D eigenvalue weighted by Crippen LogP contribution is 2.29. The van der Waals surface area contributed by atoms with Crippen molar-refractivity contribution in [3.8, 4) is 0 Å². The molecule has 2 atom stereocenters. The second-order valence-electron chi connectivity index (χ2n) is 7.13. The number of para-hydroxylation sites is 1. The smallest absolute Gasteiger partial charge is 0.229 e. The highest BCUT2D eigenvalue weighted by molar-refractivity contribution is 6.03. The molecule has 2 aromatic carbocycles. The summed E-state index contributed by atoms with van der Waals surface area (Å²) >= 11 is 0. The first-order valence-electron chi connectivity index (χ1n) is 9.26. The summed E-state index contributed by atoms with van der Waals surface area (Å²) in [5.74, 6) is -0.0255. The van der Waals surface area contributed by atoms with E-state index >= 15 is 0 Å². The Balaban J connectivity index is 1.72. The van der Waals surface area contributed by atoms with Crippen LogP contribution in [0.4, 0.5) is 11.4 Å². The van der Waals surface area contributed by atoms with Crippen molar-refractivity contribution in [2.75, 3.05) is 16.8 Å². The summed E-state index contributed by atoms with van der Waals surface area (Å²) in [6.07, 6.45) is 1.27. The number of amides is 2. The lowest BCUT2D eigenvalue weighted by Crippen LogP contribution is -2.28. The summed E-state index contributed by atoms with van der Waals surface area (Å²) in [4.78, 5) is 26.9. The third-order valence-electron chi connectivity index (χ3n) is 5.20. The van der Waals surface area contributed by atoms with Crippen LogP contribution in [0, 0.1) is 12.8 Å². The number of benzene rings is 2. The first-order chi connectivity index (χ1) is 12.5. The molecule has 26 heavy (non-hydrogen) atoms. The van der Waals surface area contributed by atoms with Gasteiger partial charge < -0.3 is 10.2 Å². The molecule has 1 N–H and O–H groups in total. The first kappa shape index (κ1) is 18.2. The summed E-state index contributed by atoms with van der Waals surface area (Å²) in [5, 5.41) is 3.05. The number of hydrogen-bond donors (Lipinski definition) is 1. The molecule has 1 fully saturated rings. The number of carbonyl (C=O) groups excluding carboxylic acids is 2. The molecule has 4 heteroatoms. The first-order valence-corrected chi connectivity index (χ1v) is 9.26. The molecule has 0 bridgehead atoms. The lowest BCUT2D eigenvalue weighted by Gasteiger charge is -2.18. The fourth-order valence-corrected chi connectivity index (χ4v) is 3.35. The van der Waals surface area contributed by atoms with Crippen LogP contribution < -0.4 is 10.2 Å². The van der Waals surface area contributed by atoms with Gasteiger partial charge in [-0.25, -0.2) is 0 Å². The van der Waals surface area contributed by atoms with E-state index < -0.39 is 0 Å². The lowest BCUT2D eigenvalue weighted by atomic mass is 9.96. The van der Waals surface area contributed by atoms with Gasteiger partial charge in [0.15, 0.2) is 0 Å². The van der Waals surface area contributed by atoms with E-state index in [9.17, 15) is 9.59 Å². The van der Waals surface area contributed by atoms with Gasteiger partial charge in [-0.15, -0.1) is 0 Å². The van der Waals surface area contributed by atoms with Gasteiger partial charge in [-0.3, -0.25) is 9.59 Å². The molecule has 0 unspecified atom stereocenters. The van der Waals surface area contributed by atoms with Crippen molar-refractivity contribution in [2.45, 2.75) is 39.5 Å². The van der Waals surface area contributed by atoms with Crippen molar-refractivity contribution in [1.29, 1.82) is 0 Å². The van der Waals surface area contributed by atoms with E-state index in [0.717, 1.165) is 28.9 Å². The number of rotatable bonds is 5. The molecule has 1 aliphatic heterocycles. The van der Waals surface area contributed by atoms with Gasteiger partial charge in [0.25, 0.3) is 0 Å². The largest absolute Gasteiger partial charge is 0.326 e. The topological polar surface area (TPSA) is 49.4 Å². The minimum atomic E-state index is -0.325. The third-order valence-corrected chi connectivity index (χ3v) is 5.20. The Morgan fingerprint density at radius 2 is 1.88 bits per heavy atom. The molecule has 2 amide bonds. The van der Waals surface area contributed by atoms with Gasteiger partial charge in [0, 0.05) is 24.3 Å². The molecule has 1 saturated heterocycles. The molecule has 136 valence electrons. The minimum absolute atomic E-state index is 0.00390. The lowest BCUT2D eigenvalue weighted by molar-refractivity contribution is -0.122. The van der Waals surface area contributed by atoms with E-state index in [0.29, 0.717) is 12.5 Å². The van der Waals surface area contributed by atoms with Gasteiger partial charge in [0.05, 0.1) is 5.92 Å². The molecule has 0 aliphatic carbocycles. The summed E-state index contributed by atoms with van der Waals surface area (Å²) < 4.78 is 0. The van der Waals surface area contributed by atoms with E-state index in [-0.39, 0.29) is 24.2 Å². The normalized spacial score (nSPS) is 18.0. The maximum absolute atomic E-state index is 12.8. The van der Waals surface area contributed by atoms with Crippen LogP contribution in [0.25, 0.3) is 0 Å². The molecule has 1 heterocycles. The molecule has 0 radical (unpaired) electrons. The number of nitrogens with one attached hydrogen (secondary N) is 1. The Bertz CT molecular complexity index is 798. The van der Waals surface area contributed by atoms with E-state index in [1.807, 2.05) is 49.4 Å². The van der Waals surface area contributed by atoms with Crippen LogP contribution in [0.5, 0.6) is 0 Å². The Kier molecular flexibility index (Phi) is 5.40. The number of hydrogen-bond acceptors (Lipinski definition) is 2. The summed E-state index contributed by atoms with van der Waals surface area (Å²) in [6.45, 7) is 6.74. The number of carbonyl (C=O) groups is 2. The van der Waals surface area contributed by atoms with Crippen LogP contribution >= 0.6 is 0 Å². The second kappa shape index (κ2) is 7.73. The molecule has 0 spiro atoms. The molecular formula is C22H26N2O2. The van der Waals surface area contributed by atoms with Crippen molar-refractivity contribution in [3.63, 3.8) is 0 Å². The molecule has 4 nitrogen and oxygen atoms in total. The Morgan fingerprint density at radius 1 is 1.19 bits per heavy atom. The highest BCUT2D eigenvalue weighted by atomic mass is 16.2. The van der Waals surface area contributed by atoms with Crippen LogP contribution in [0.15, 0.2) is 48.5 Å². The third kappa shape index (κ3) is 3.79. The molecule has 1 aliphatic rings. The maximum Gasteiger partial charge on any atom is 0.229 e. The number of aryl methyl sites for hydroxylation is 1. The number of nitrogens with zero attached hydrogens (tertiary/aromatic N) is 1. The zero-order valence-electron chi connectivity index (χ0n) is 15.7. The predicted octanol–water partition coefficient (Wildman–Crippen LogP) is 4.50. The minimum Gasteiger partial charge on any atom is -0.326 e. The fourth-order valence-electron chi connectivity index (χ4n) is 3.35. The zero-order valence-corrected chi connectivity index (χ0v) is 15.7. The van der Waals surface area contributed by atoms with Gasteiger partial charge in [-0.05, 0) is 43.0 Å². The Hall–Kier alpha value is -2.62. The van der Waals surface area contributed by atoms with Crippen LogP contribution in [0.1, 0.15) is 43.7 Å². The van der Waals surface area contributed by atoms with E-state index in [2.05, 4.69) is 25.2 Å². The number of anilines is 2. The van der Waals surface area contributed by atoms with E-state index in [1.165, 1.54) is 0 Å². The average molecular weight is 350 g/mol. The molecule has 0 saturated carbocycles. The zero-order chi connectivity index (χ0) is 18.7. The highest BCUT2D eigenvalue weighted by Gasteiger charge is 2.35. The Labute approximate surface area is 155 Å². The van der Waals surface area contributed by atoms with Crippen LogP contribution in [-0.4, -0.2) is 18.4 Å². The standard InChI is InChI=1S/C22H26N2O2/c1-4-16(3)19-7-5-6-8-20(19)23-22(26)17-13-21(25)24(14-17)18-11-9-15(2)10-12-18/h5-12,16-17H,4,13-14H2,1-3H3,(H,23,26)/t16-,17+/m0/s1. The second-order valence-corrected chi connectivity index (χ2v) is 7.13. The summed E-state index contributed by atoms with van der Waals surface area (Å²) in [6, 6.07) is 15.8. The van der Waals surface area contributed by atoms with Gasteiger partial charge in [-0.2, -0.15) is 0 Å². The summed E-state index contributed by atoms with van der Waals surface area (Å²) in [5.41, 5.74) is 4.00. The van der Waals surface area contributed by atoms with Crippen molar-refractivity contribution in [2.24, 2.45) is 5.92 Å². The molecule has 2 aromatic rings. The quantitative estimate of drug-likeness (QED) is 0.863. The van der Waals surface area contributed by atoms with Crippen molar-refractivity contribution in [1.82, 2.24) is 0 Å². The van der Waals surface area contributed by atoms with Crippen LogP contribution in [-0.2, 0) is 9.59 Å². The van der Waals surface area contributed by atoms with E-state index in [1.54, 1.807) is 4.90 Å². The Morgan fingerprint density at radius 3 is 2.58 bits per heavy atom. The van der Waals surface area contributed by atoms with Gasteiger partial charge in [0.2, 0.25) is 11.8 Å². The fraction of sp³-hybridized carbons (Fsp3) is 0.364. The van der Waals surface area contributed by atoms with Crippen molar-refractivity contribution in [3.05, 3.63) is 59.7 Å². The molecular weight excluding hydrogens is 324 g/mol. The van der Waals surface area contributed by atoms with Gasteiger partial charge in [-0.1, -0.05) is 49.7 Å². The van der Waals surface area contributed by atoms with Crippen molar-refractivity contribution < 1.29 is 9.59 Å². The SMILES string of the molecule is CC[C@H](C)c1ccccc1NC(=O)[C@@H]1CC(=O)N(c2ccc(C)cc2)C1. The van der Waals surface area contributed by atoms with Crippen LogP contribution in [0.2, 0.25) is 0 Å². The van der Waals surface area contributed by atoms with Crippen molar-refractivity contribution >= 4 is 23.2 Å². The molecule has 0 aromatic heterocycles.